The van der Waals surface area contributed by atoms with E-state index in [9.17, 15) is 4.79 Å². The van der Waals surface area contributed by atoms with Crippen molar-refractivity contribution in [2.45, 2.75) is 0 Å². The van der Waals surface area contributed by atoms with Crippen molar-refractivity contribution in [1.82, 2.24) is 0 Å². The van der Waals surface area contributed by atoms with Crippen molar-refractivity contribution in [3.63, 3.8) is 0 Å². The Morgan fingerprint density at radius 3 is 2.06 bits per heavy atom. The normalized spacial score (nSPS) is 9.88. The van der Waals surface area contributed by atoms with Crippen molar-refractivity contribution < 1.29 is 4.79 Å². The molecule has 0 atom stereocenters. The molecule has 0 saturated carbocycles. The summed E-state index contributed by atoms with van der Waals surface area (Å²) in [5, 5.41) is 2.86. The predicted molar refractivity (Wildman–Crippen MR) is 74.3 cm³/mol. The minimum absolute atomic E-state index is 0.0888. The van der Waals surface area contributed by atoms with E-state index in [1.54, 1.807) is 4.57 Å². The van der Waals surface area contributed by atoms with E-state index in [0.29, 0.717) is 10.4 Å². The van der Waals surface area contributed by atoms with Gasteiger partial charge >= 0.3 is 6.03 Å². The second-order valence-corrected chi connectivity index (χ2v) is 4.59. The van der Waals surface area contributed by atoms with E-state index in [1.807, 2.05) is 60.7 Å². The molecule has 2 aromatic carbocycles. The molecule has 0 spiro atoms. The molecule has 0 aromatic heterocycles. The molecular weight excluding hydrogens is 228 g/mol. The van der Waals surface area contributed by atoms with E-state index >= 15 is 0 Å². The Labute approximate surface area is 104 Å². The summed E-state index contributed by atoms with van der Waals surface area (Å²) in [6.07, 6.45) is 0. The summed E-state index contributed by atoms with van der Waals surface area (Å²) in [5.41, 5.74) is 1.74. The highest BCUT2D eigenvalue weighted by Crippen LogP contribution is 2.13. The van der Waals surface area contributed by atoms with Crippen LogP contribution < -0.4 is 9.88 Å². The standard InChI is InChI=1S/C13H14N2OSi/c16-13(14-11-7-3-1-4-8-11)15(17)12-9-5-2-6-10-12/h1-10H,17H3,(H,14,16). The molecule has 2 amide bonds. The number of anilines is 2. The molecule has 2 rings (SSSR count). The zero-order valence-corrected chi connectivity index (χ0v) is 11.6. The van der Waals surface area contributed by atoms with Crippen LogP contribution in [-0.2, 0) is 0 Å². The Bertz CT molecular complexity index is 487. The average molecular weight is 242 g/mol. The fourth-order valence-corrected chi connectivity index (χ4v) is 1.91. The fourth-order valence-electron chi connectivity index (χ4n) is 1.50. The first-order chi connectivity index (χ1) is 8.27. The van der Waals surface area contributed by atoms with E-state index in [0.717, 1.165) is 11.4 Å². The highest BCUT2D eigenvalue weighted by Gasteiger charge is 2.09. The Kier molecular flexibility index (Phi) is 3.57. The summed E-state index contributed by atoms with van der Waals surface area (Å²) in [6, 6.07) is 19.0. The third kappa shape index (κ3) is 2.95. The van der Waals surface area contributed by atoms with E-state index in [2.05, 4.69) is 5.32 Å². The van der Waals surface area contributed by atoms with Crippen LogP contribution in [0.2, 0.25) is 0 Å². The van der Waals surface area contributed by atoms with Crippen molar-refractivity contribution in [2.24, 2.45) is 0 Å². The number of carbonyl (C=O) groups is 1. The number of amides is 2. The Morgan fingerprint density at radius 1 is 0.941 bits per heavy atom. The minimum atomic E-state index is -0.0888. The highest BCUT2D eigenvalue weighted by molar-refractivity contribution is 6.32. The summed E-state index contributed by atoms with van der Waals surface area (Å²) < 4.78 is 1.72. The summed E-state index contributed by atoms with van der Waals surface area (Å²) >= 11 is 0. The van der Waals surface area contributed by atoms with Gasteiger partial charge in [0.1, 0.15) is 10.4 Å². The lowest BCUT2D eigenvalue weighted by atomic mass is 10.3. The summed E-state index contributed by atoms with van der Waals surface area (Å²) in [4.78, 5) is 12.0. The molecule has 2 aromatic rings. The molecule has 17 heavy (non-hydrogen) atoms. The molecule has 0 bridgehead atoms. The molecule has 0 saturated heterocycles. The first-order valence-electron chi connectivity index (χ1n) is 5.42. The lowest BCUT2D eigenvalue weighted by Gasteiger charge is -2.18. The Hall–Kier alpha value is -2.07. The molecule has 0 aliphatic rings. The maximum atomic E-state index is 12.0. The molecule has 1 N–H and O–H groups in total. The lowest BCUT2D eigenvalue weighted by molar-refractivity contribution is 0.260. The third-order valence-electron chi connectivity index (χ3n) is 2.47. The molecule has 0 unspecified atom stereocenters. The van der Waals surface area contributed by atoms with Gasteiger partial charge in [-0.15, -0.1) is 0 Å². The topological polar surface area (TPSA) is 32.3 Å². The van der Waals surface area contributed by atoms with Crippen molar-refractivity contribution in [1.29, 1.82) is 0 Å². The second kappa shape index (κ2) is 5.31. The van der Waals surface area contributed by atoms with Crippen molar-refractivity contribution in [2.75, 3.05) is 9.88 Å². The number of nitrogens with one attached hydrogen (secondary N) is 1. The highest BCUT2D eigenvalue weighted by atomic mass is 28.2. The molecule has 0 radical (unpaired) electrons. The van der Waals surface area contributed by atoms with Gasteiger partial charge in [-0.2, -0.15) is 0 Å². The maximum absolute atomic E-state index is 12.0. The number of hydrogen-bond acceptors (Lipinski definition) is 1. The minimum Gasteiger partial charge on any atom is -0.331 e. The van der Waals surface area contributed by atoms with Crippen LogP contribution in [0.15, 0.2) is 60.7 Å². The number of hydrogen-bond donors (Lipinski definition) is 1. The van der Waals surface area contributed by atoms with Gasteiger partial charge in [-0.25, -0.2) is 4.79 Å². The molecule has 0 aliphatic heterocycles. The number of rotatable bonds is 2. The monoisotopic (exact) mass is 242 g/mol. The largest absolute Gasteiger partial charge is 0.331 e. The number of carbonyl (C=O) groups excluding carboxylic acids is 1. The number of nitrogens with zero attached hydrogens (tertiary/aromatic N) is 1. The maximum Gasteiger partial charge on any atom is 0.317 e. The van der Waals surface area contributed by atoms with Gasteiger partial charge in [-0.05, 0) is 24.3 Å². The third-order valence-corrected chi connectivity index (χ3v) is 3.40. The molecule has 0 heterocycles. The van der Waals surface area contributed by atoms with Crippen LogP contribution in [0.25, 0.3) is 0 Å². The first kappa shape index (κ1) is 11.4. The van der Waals surface area contributed by atoms with Crippen molar-refractivity contribution >= 4 is 27.8 Å². The summed E-state index contributed by atoms with van der Waals surface area (Å²) in [7, 11) is 0.643. The van der Waals surface area contributed by atoms with Gasteiger partial charge in [-0.3, -0.25) is 0 Å². The molecule has 3 nitrogen and oxygen atoms in total. The molecule has 86 valence electrons. The zero-order valence-electron chi connectivity index (χ0n) is 9.63. The Balaban J connectivity index is 2.06. The van der Waals surface area contributed by atoms with Crippen LogP contribution in [0.3, 0.4) is 0 Å². The van der Waals surface area contributed by atoms with Crippen molar-refractivity contribution in [3.8, 4) is 0 Å². The van der Waals surface area contributed by atoms with Crippen LogP contribution in [0.5, 0.6) is 0 Å². The lowest BCUT2D eigenvalue weighted by Crippen LogP contribution is -2.32. The predicted octanol–water partition coefficient (Wildman–Crippen LogP) is 2.01. The van der Waals surface area contributed by atoms with E-state index in [1.165, 1.54) is 0 Å². The van der Waals surface area contributed by atoms with Crippen LogP contribution in [0.1, 0.15) is 0 Å². The fraction of sp³-hybridized carbons (Fsp3) is 0. The molecular formula is C13H14N2OSi. The van der Waals surface area contributed by atoms with Crippen LogP contribution in [-0.4, -0.2) is 16.4 Å². The zero-order chi connectivity index (χ0) is 12.1. The van der Waals surface area contributed by atoms with Crippen LogP contribution >= 0.6 is 0 Å². The first-order valence-corrected chi connectivity index (χ1v) is 6.31. The smallest absolute Gasteiger partial charge is 0.317 e. The van der Waals surface area contributed by atoms with Gasteiger partial charge in [0, 0.05) is 11.4 Å². The molecule has 0 aliphatic carbocycles. The quantitative estimate of drug-likeness (QED) is 0.803. The van der Waals surface area contributed by atoms with Crippen LogP contribution in [0, 0.1) is 0 Å². The number of para-hydroxylation sites is 2. The molecule has 4 heteroatoms. The summed E-state index contributed by atoms with van der Waals surface area (Å²) in [5.74, 6) is 0. The van der Waals surface area contributed by atoms with Gasteiger partial charge in [0.15, 0.2) is 0 Å². The van der Waals surface area contributed by atoms with Gasteiger partial charge in [0.25, 0.3) is 0 Å². The second-order valence-electron chi connectivity index (χ2n) is 3.69. The van der Waals surface area contributed by atoms with Gasteiger partial charge in [0.2, 0.25) is 0 Å². The average Bonchev–Trinajstić information content (AvgIpc) is 2.40. The van der Waals surface area contributed by atoms with Crippen LogP contribution in [0.4, 0.5) is 16.2 Å². The Morgan fingerprint density at radius 2 is 1.47 bits per heavy atom. The van der Waals surface area contributed by atoms with Crippen molar-refractivity contribution in [3.05, 3.63) is 60.7 Å². The van der Waals surface area contributed by atoms with E-state index in [4.69, 9.17) is 0 Å². The van der Waals surface area contributed by atoms with E-state index in [-0.39, 0.29) is 6.03 Å². The van der Waals surface area contributed by atoms with Gasteiger partial charge < -0.3 is 9.88 Å². The van der Waals surface area contributed by atoms with E-state index < -0.39 is 0 Å². The van der Waals surface area contributed by atoms with Gasteiger partial charge in [0.05, 0.1) is 0 Å². The number of urea groups is 1. The molecule has 0 fully saturated rings. The van der Waals surface area contributed by atoms with Gasteiger partial charge in [-0.1, -0.05) is 36.4 Å². The summed E-state index contributed by atoms with van der Waals surface area (Å²) in [6.45, 7) is 0. The number of benzene rings is 2. The SMILES string of the molecule is O=C(Nc1ccccc1)N([SiH3])c1ccccc1.